The van der Waals surface area contributed by atoms with Crippen LogP contribution in [0, 0.1) is 4.77 Å². The highest BCUT2D eigenvalue weighted by Crippen LogP contribution is 2.29. The van der Waals surface area contributed by atoms with Gasteiger partial charge in [0.2, 0.25) is 0 Å². The fraction of sp³-hybridized carbons (Fsp3) is 0.600. The standard InChI is InChI=1S/C10H13F3N2OS/c1-2-3-4-5-6-7(10(11,12)13)14-9(17)15-8(6)16/h2-5H2,1H3,(H2,14,15,16,17). The molecule has 7 heteroatoms. The van der Waals surface area contributed by atoms with Crippen molar-refractivity contribution in [3.05, 3.63) is 26.4 Å². The number of halogens is 3. The van der Waals surface area contributed by atoms with Crippen LogP contribution in [-0.4, -0.2) is 9.97 Å². The molecule has 0 amide bonds. The summed E-state index contributed by atoms with van der Waals surface area (Å²) in [5.74, 6) is 0. The fourth-order valence-corrected chi connectivity index (χ4v) is 1.74. The first-order chi connectivity index (χ1) is 7.86. The van der Waals surface area contributed by atoms with Crippen molar-refractivity contribution in [3.63, 3.8) is 0 Å². The molecular weight excluding hydrogens is 253 g/mol. The third-order valence-electron chi connectivity index (χ3n) is 2.36. The number of hydrogen-bond acceptors (Lipinski definition) is 2. The Bertz CT molecular complexity index is 490. The van der Waals surface area contributed by atoms with Crippen molar-refractivity contribution in [2.45, 2.75) is 38.8 Å². The molecule has 0 aromatic carbocycles. The van der Waals surface area contributed by atoms with Crippen LogP contribution in [0.5, 0.6) is 0 Å². The Kier molecular flexibility index (Phi) is 4.50. The van der Waals surface area contributed by atoms with E-state index in [0.717, 1.165) is 12.8 Å². The number of nitrogens with one attached hydrogen (secondary N) is 2. The Morgan fingerprint density at radius 3 is 2.41 bits per heavy atom. The zero-order valence-corrected chi connectivity index (χ0v) is 10.1. The van der Waals surface area contributed by atoms with E-state index in [4.69, 9.17) is 0 Å². The van der Waals surface area contributed by atoms with E-state index in [1.165, 1.54) is 0 Å². The highest BCUT2D eigenvalue weighted by molar-refractivity contribution is 7.71. The molecule has 17 heavy (non-hydrogen) atoms. The average Bonchev–Trinajstić information content (AvgIpc) is 2.19. The Hall–Kier alpha value is -1.11. The van der Waals surface area contributed by atoms with Crippen LogP contribution in [0.4, 0.5) is 13.2 Å². The lowest BCUT2D eigenvalue weighted by atomic mass is 10.1. The maximum absolute atomic E-state index is 12.7. The van der Waals surface area contributed by atoms with Gasteiger partial charge < -0.3 is 4.98 Å². The van der Waals surface area contributed by atoms with Crippen molar-refractivity contribution >= 4 is 12.2 Å². The summed E-state index contributed by atoms with van der Waals surface area (Å²) >= 11 is 4.54. The molecule has 0 fully saturated rings. The molecular formula is C10H13F3N2OS. The Balaban J connectivity index is 3.17. The van der Waals surface area contributed by atoms with Crippen LogP contribution in [0.1, 0.15) is 37.4 Å². The maximum atomic E-state index is 12.7. The topological polar surface area (TPSA) is 48.6 Å². The highest BCUT2D eigenvalue weighted by atomic mass is 32.1. The van der Waals surface area contributed by atoms with Crippen LogP contribution < -0.4 is 5.56 Å². The molecule has 2 N–H and O–H groups in total. The predicted octanol–water partition coefficient (Wildman–Crippen LogP) is 3.18. The van der Waals surface area contributed by atoms with Crippen LogP contribution in [0.25, 0.3) is 0 Å². The predicted molar refractivity (Wildman–Crippen MR) is 60.5 cm³/mol. The molecule has 0 aliphatic rings. The lowest BCUT2D eigenvalue weighted by Crippen LogP contribution is -2.23. The molecule has 96 valence electrons. The van der Waals surface area contributed by atoms with Gasteiger partial charge in [0.05, 0.1) is 0 Å². The number of alkyl halides is 3. The molecule has 0 saturated heterocycles. The summed E-state index contributed by atoms with van der Waals surface area (Å²) in [6, 6.07) is 0. The van der Waals surface area contributed by atoms with Gasteiger partial charge in [-0.25, -0.2) is 0 Å². The molecule has 0 atom stereocenters. The second-order valence-corrected chi connectivity index (χ2v) is 4.12. The first kappa shape index (κ1) is 14.0. The molecule has 0 radical (unpaired) electrons. The minimum Gasteiger partial charge on any atom is -0.328 e. The van der Waals surface area contributed by atoms with Crippen molar-refractivity contribution in [3.8, 4) is 0 Å². The van der Waals surface area contributed by atoms with E-state index in [1.807, 2.05) is 11.9 Å². The second-order valence-electron chi connectivity index (χ2n) is 3.72. The molecule has 3 nitrogen and oxygen atoms in total. The van der Waals surface area contributed by atoms with Crippen LogP contribution in [0.2, 0.25) is 0 Å². The number of hydrogen-bond donors (Lipinski definition) is 2. The van der Waals surface area contributed by atoms with Gasteiger partial charge in [0.25, 0.3) is 5.56 Å². The molecule has 0 aliphatic carbocycles. The first-order valence-electron chi connectivity index (χ1n) is 5.29. The molecule has 1 aromatic rings. The number of rotatable bonds is 4. The van der Waals surface area contributed by atoms with E-state index in [2.05, 4.69) is 17.2 Å². The van der Waals surface area contributed by atoms with E-state index in [9.17, 15) is 18.0 Å². The van der Waals surface area contributed by atoms with Crippen LogP contribution in [-0.2, 0) is 12.6 Å². The van der Waals surface area contributed by atoms with E-state index in [1.54, 1.807) is 0 Å². The van der Waals surface area contributed by atoms with E-state index in [0.29, 0.717) is 6.42 Å². The minimum atomic E-state index is -4.58. The molecule has 1 rings (SSSR count). The van der Waals surface area contributed by atoms with Gasteiger partial charge in [-0.15, -0.1) is 0 Å². The monoisotopic (exact) mass is 266 g/mol. The molecule has 1 heterocycles. The zero-order valence-electron chi connectivity index (χ0n) is 9.28. The second kappa shape index (κ2) is 5.48. The molecule has 0 saturated carbocycles. The minimum absolute atomic E-state index is 0.101. The molecule has 0 bridgehead atoms. The molecule has 0 aliphatic heterocycles. The summed E-state index contributed by atoms with van der Waals surface area (Å²) in [6.07, 6.45) is -2.27. The van der Waals surface area contributed by atoms with Gasteiger partial charge in [0.15, 0.2) is 4.77 Å². The summed E-state index contributed by atoms with van der Waals surface area (Å²) in [6.45, 7) is 1.94. The lowest BCUT2D eigenvalue weighted by molar-refractivity contribution is -0.142. The summed E-state index contributed by atoms with van der Waals surface area (Å²) in [5, 5.41) is 0. The number of unbranched alkanes of at least 4 members (excludes halogenated alkanes) is 2. The van der Waals surface area contributed by atoms with Crippen molar-refractivity contribution in [2.75, 3.05) is 0 Å². The van der Waals surface area contributed by atoms with Gasteiger partial charge in [-0.3, -0.25) is 9.78 Å². The first-order valence-corrected chi connectivity index (χ1v) is 5.69. The lowest BCUT2D eigenvalue weighted by Gasteiger charge is -2.11. The van der Waals surface area contributed by atoms with Crippen molar-refractivity contribution < 1.29 is 13.2 Å². The van der Waals surface area contributed by atoms with Gasteiger partial charge in [0.1, 0.15) is 5.69 Å². The Labute approximate surface area is 101 Å². The van der Waals surface area contributed by atoms with Crippen molar-refractivity contribution in [1.82, 2.24) is 9.97 Å². The largest absolute Gasteiger partial charge is 0.431 e. The van der Waals surface area contributed by atoms with E-state index < -0.39 is 17.4 Å². The Morgan fingerprint density at radius 1 is 1.24 bits per heavy atom. The van der Waals surface area contributed by atoms with Gasteiger partial charge in [-0.05, 0) is 25.1 Å². The van der Waals surface area contributed by atoms with Gasteiger partial charge >= 0.3 is 6.18 Å². The summed E-state index contributed by atoms with van der Waals surface area (Å²) in [5.41, 5.74) is -2.04. The summed E-state index contributed by atoms with van der Waals surface area (Å²) in [4.78, 5) is 15.7. The zero-order chi connectivity index (χ0) is 13.1. The van der Waals surface area contributed by atoms with Crippen molar-refractivity contribution in [2.24, 2.45) is 0 Å². The van der Waals surface area contributed by atoms with Gasteiger partial charge in [-0.2, -0.15) is 13.2 Å². The number of aromatic nitrogens is 2. The van der Waals surface area contributed by atoms with Crippen LogP contribution >= 0.6 is 12.2 Å². The Morgan fingerprint density at radius 2 is 1.88 bits per heavy atom. The molecule has 0 spiro atoms. The van der Waals surface area contributed by atoms with Gasteiger partial charge in [0, 0.05) is 5.56 Å². The van der Waals surface area contributed by atoms with Crippen molar-refractivity contribution in [1.29, 1.82) is 0 Å². The smallest absolute Gasteiger partial charge is 0.328 e. The highest BCUT2D eigenvalue weighted by Gasteiger charge is 2.35. The maximum Gasteiger partial charge on any atom is 0.431 e. The fourth-order valence-electron chi connectivity index (χ4n) is 1.54. The SMILES string of the molecule is CCCCCc1c(C(F)(F)F)[nH]c(=S)[nH]c1=O. The molecule has 0 unspecified atom stereocenters. The van der Waals surface area contributed by atoms with Crippen LogP contribution in [0.15, 0.2) is 4.79 Å². The van der Waals surface area contributed by atoms with Gasteiger partial charge in [-0.1, -0.05) is 19.8 Å². The van der Waals surface area contributed by atoms with E-state index in [-0.39, 0.29) is 16.8 Å². The molecule has 1 aromatic heterocycles. The normalized spacial score (nSPS) is 11.8. The quantitative estimate of drug-likeness (QED) is 0.649. The number of aromatic amines is 2. The third-order valence-corrected chi connectivity index (χ3v) is 2.56. The summed E-state index contributed by atoms with van der Waals surface area (Å²) < 4.78 is 37.8. The summed E-state index contributed by atoms with van der Waals surface area (Å²) in [7, 11) is 0. The third kappa shape index (κ3) is 3.69. The average molecular weight is 266 g/mol. The van der Waals surface area contributed by atoms with E-state index >= 15 is 0 Å². The number of H-pyrrole nitrogens is 2. The van der Waals surface area contributed by atoms with Crippen LogP contribution in [0.3, 0.4) is 0 Å².